The molecule has 1 N–H and O–H groups in total. The summed E-state index contributed by atoms with van der Waals surface area (Å²) < 4.78 is 31.1. The molecule has 0 amide bonds. The fraction of sp³-hybridized carbons (Fsp3) is 0.208. The van der Waals surface area contributed by atoms with Crippen LogP contribution in [0.4, 0.5) is 0 Å². The van der Waals surface area contributed by atoms with Gasteiger partial charge in [0.2, 0.25) is 10.0 Å². The van der Waals surface area contributed by atoms with Gasteiger partial charge in [-0.05, 0) is 61.7 Å². The standard InChI is InChI=1S/C24H23ClN2O3S2/c1-15-8-10-20(16(2)12-15)17(3)26-32(29,30)19-9-11-22-23(13-19)31-24(28)27(22)14-18-6-4-5-7-21(18)25/h4-13,17,26H,14H2,1-3H3/t17-/m1/s1. The summed E-state index contributed by atoms with van der Waals surface area (Å²) in [6.07, 6.45) is 0. The van der Waals surface area contributed by atoms with E-state index in [2.05, 4.69) is 4.72 Å². The molecule has 1 atom stereocenters. The van der Waals surface area contributed by atoms with Gasteiger partial charge in [-0.3, -0.25) is 9.36 Å². The second-order valence-electron chi connectivity index (χ2n) is 7.88. The van der Waals surface area contributed by atoms with Crippen LogP contribution in [0.25, 0.3) is 10.2 Å². The number of hydrogen-bond donors (Lipinski definition) is 1. The normalized spacial score (nSPS) is 12.9. The number of halogens is 1. The summed E-state index contributed by atoms with van der Waals surface area (Å²) in [6.45, 7) is 6.13. The average molecular weight is 487 g/mol. The van der Waals surface area contributed by atoms with Crippen molar-refractivity contribution >= 4 is 43.2 Å². The molecule has 0 saturated carbocycles. The fourth-order valence-corrected chi connectivity index (χ4v) is 6.28. The third-order valence-electron chi connectivity index (χ3n) is 5.46. The summed E-state index contributed by atoms with van der Waals surface area (Å²) in [5.74, 6) is 0. The minimum Gasteiger partial charge on any atom is -0.294 e. The molecule has 4 aromatic rings. The van der Waals surface area contributed by atoms with Crippen molar-refractivity contribution in [1.82, 2.24) is 9.29 Å². The minimum atomic E-state index is -3.77. The Kier molecular flexibility index (Phi) is 6.27. The molecule has 1 heterocycles. The minimum absolute atomic E-state index is 0.132. The van der Waals surface area contributed by atoms with Crippen LogP contribution in [0.15, 0.2) is 70.4 Å². The maximum absolute atomic E-state index is 13.1. The monoisotopic (exact) mass is 486 g/mol. The number of hydrogen-bond acceptors (Lipinski definition) is 4. The molecule has 166 valence electrons. The summed E-state index contributed by atoms with van der Waals surface area (Å²) in [5.41, 5.74) is 4.60. The maximum Gasteiger partial charge on any atom is 0.308 e. The number of nitrogens with one attached hydrogen (secondary N) is 1. The molecule has 0 aliphatic carbocycles. The molecule has 3 aromatic carbocycles. The highest BCUT2D eigenvalue weighted by atomic mass is 35.5. The van der Waals surface area contributed by atoms with Crippen LogP contribution in [0.5, 0.6) is 0 Å². The molecule has 0 spiro atoms. The van der Waals surface area contributed by atoms with Crippen LogP contribution >= 0.6 is 22.9 Å². The van der Waals surface area contributed by atoms with Crippen LogP contribution in [-0.2, 0) is 16.6 Å². The zero-order chi connectivity index (χ0) is 23.0. The maximum atomic E-state index is 13.1. The van der Waals surface area contributed by atoms with Crippen LogP contribution in [0, 0.1) is 13.8 Å². The molecule has 0 unspecified atom stereocenters. The highest BCUT2D eigenvalue weighted by Gasteiger charge is 2.21. The van der Waals surface area contributed by atoms with Crippen molar-refractivity contribution < 1.29 is 8.42 Å². The Labute approximate surface area is 196 Å². The van der Waals surface area contributed by atoms with Crippen molar-refractivity contribution in [2.45, 2.75) is 38.3 Å². The molecule has 0 fully saturated rings. The molecular formula is C24H23ClN2O3S2. The SMILES string of the molecule is Cc1ccc([C@@H](C)NS(=O)(=O)c2ccc3c(c2)sc(=O)n3Cc2ccccc2Cl)c(C)c1. The quantitative estimate of drug-likeness (QED) is 0.395. The first-order valence-electron chi connectivity index (χ1n) is 10.1. The number of sulfonamides is 1. The molecule has 5 nitrogen and oxygen atoms in total. The zero-order valence-corrected chi connectivity index (χ0v) is 20.3. The fourth-order valence-electron chi connectivity index (χ4n) is 3.84. The number of fused-ring (bicyclic) bond motifs is 1. The lowest BCUT2D eigenvalue weighted by Gasteiger charge is -2.17. The molecule has 4 rings (SSSR count). The Morgan fingerprint density at radius 2 is 1.81 bits per heavy atom. The molecule has 0 saturated heterocycles. The molecule has 0 radical (unpaired) electrons. The van der Waals surface area contributed by atoms with Crippen LogP contribution < -0.4 is 9.60 Å². The van der Waals surface area contributed by atoms with Gasteiger partial charge in [0.25, 0.3) is 0 Å². The predicted octanol–water partition coefficient (Wildman–Crippen LogP) is 5.42. The van der Waals surface area contributed by atoms with E-state index < -0.39 is 10.0 Å². The van der Waals surface area contributed by atoms with Gasteiger partial charge < -0.3 is 0 Å². The van der Waals surface area contributed by atoms with Gasteiger partial charge in [-0.2, -0.15) is 0 Å². The highest BCUT2D eigenvalue weighted by molar-refractivity contribution is 7.89. The molecule has 8 heteroatoms. The first-order valence-corrected chi connectivity index (χ1v) is 12.8. The Hall–Kier alpha value is -2.45. The third kappa shape index (κ3) is 4.52. The van der Waals surface area contributed by atoms with Gasteiger partial charge in [0.1, 0.15) is 0 Å². The number of nitrogens with zero attached hydrogens (tertiary/aromatic N) is 1. The zero-order valence-electron chi connectivity index (χ0n) is 17.9. The molecule has 1 aromatic heterocycles. The van der Waals surface area contributed by atoms with E-state index in [-0.39, 0.29) is 15.8 Å². The van der Waals surface area contributed by atoms with Crippen molar-refractivity contribution in [3.05, 3.63) is 97.6 Å². The van der Waals surface area contributed by atoms with Crippen molar-refractivity contribution in [1.29, 1.82) is 0 Å². The lowest BCUT2D eigenvalue weighted by atomic mass is 10.0. The number of aryl methyl sites for hydroxylation is 2. The Bertz CT molecular complexity index is 1470. The van der Waals surface area contributed by atoms with Gasteiger partial charge in [-0.25, -0.2) is 13.1 Å². The van der Waals surface area contributed by atoms with E-state index in [4.69, 9.17) is 11.6 Å². The second kappa shape index (κ2) is 8.83. The highest BCUT2D eigenvalue weighted by Crippen LogP contribution is 2.26. The van der Waals surface area contributed by atoms with E-state index in [9.17, 15) is 13.2 Å². The van der Waals surface area contributed by atoms with Crippen molar-refractivity contribution in [2.24, 2.45) is 0 Å². The summed E-state index contributed by atoms with van der Waals surface area (Å²) >= 11 is 7.27. The molecule has 0 aliphatic heterocycles. The van der Waals surface area contributed by atoms with E-state index >= 15 is 0 Å². The first kappa shape index (κ1) is 22.7. The summed E-state index contributed by atoms with van der Waals surface area (Å²) in [6, 6.07) is 17.7. The smallest absolute Gasteiger partial charge is 0.294 e. The third-order valence-corrected chi connectivity index (χ3v) is 8.31. The van der Waals surface area contributed by atoms with Gasteiger partial charge in [0.15, 0.2) is 0 Å². The molecule has 0 bridgehead atoms. The van der Waals surface area contributed by atoms with Crippen LogP contribution in [-0.4, -0.2) is 13.0 Å². The lowest BCUT2D eigenvalue weighted by molar-refractivity contribution is 0.566. The van der Waals surface area contributed by atoms with Gasteiger partial charge in [-0.1, -0.05) is 64.9 Å². The summed E-state index contributed by atoms with van der Waals surface area (Å²) in [7, 11) is -3.77. The van der Waals surface area contributed by atoms with Crippen molar-refractivity contribution in [3.63, 3.8) is 0 Å². The number of rotatable bonds is 6. The van der Waals surface area contributed by atoms with E-state index in [1.807, 2.05) is 57.2 Å². The van der Waals surface area contributed by atoms with E-state index in [1.165, 1.54) is 6.07 Å². The van der Waals surface area contributed by atoms with Crippen LogP contribution in [0.2, 0.25) is 5.02 Å². The molecular weight excluding hydrogens is 464 g/mol. The van der Waals surface area contributed by atoms with E-state index in [0.717, 1.165) is 33.6 Å². The van der Waals surface area contributed by atoms with E-state index in [0.29, 0.717) is 21.8 Å². The van der Waals surface area contributed by atoms with Crippen LogP contribution in [0.1, 0.15) is 35.2 Å². The van der Waals surface area contributed by atoms with E-state index in [1.54, 1.807) is 22.8 Å². The largest absolute Gasteiger partial charge is 0.308 e. The molecule has 32 heavy (non-hydrogen) atoms. The van der Waals surface area contributed by atoms with Gasteiger partial charge in [0.05, 0.1) is 21.7 Å². The lowest BCUT2D eigenvalue weighted by Crippen LogP contribution is -2.27. The Morgan fingerprint density at radius 3 is 2.53 bits per heavy atom. The second-order valence-corrected chi connectivity index (χ2v) is 11.0. The molecule has 0 aliphatic rings. The number of aromatic nitrogens is 1. The van der Waals surface area contributed by atoms with Crippen molar-refractivity contribution in [3.8, 4) is 0 Å². The summed E-state index contributed by atoms with van der Waals surface area (Å²) in [5, 5.41) is 0.586. The Balaban J connectivity index is 1.65. The average Bonchev–Trinajstić information content (AvgIpc) is 3.03. The predicted molar refractivity (Wildman–Crippen MR) is 131 cm³/mol. The van der Waals surface area contributed by atoms with Gasteiger partial charge >= 0.3 is 4.87 Å². The topological polar surface area (TPSA) is 68.2 Å². The van der Waals surface area contributed by atoms with Crippen LogP contribution in [0.3, 0.4) is 0 Å². The number of benzene rings is 3. The first-order chi connectivity index (χ1) is 15.2. The van der Waals surface area contributed by atoms with Crippen molar-refractivity contribution in [2.75, 3.05) is 0 Å². The number of thiazole rings is 1. The van der Waals surface area contributed by atoms with Gasteiger partial charge in [0, 0.05) is 11.1 Å². The van der Waals surface area contributed by atoms with Gasteiger partial charge in [-0.15, -0.1) is 0 Å². The Morgan fingerprint density at radius 1 is 1.06 bits per heavy atom. The summed E-state index contributed by atoms with van der Waals surface area (Å²) in [4.78, 5) is 12.6.